The van der Waals surface area contributed by atoms with Crippen molar-refractivity contribution in [2.75, 3.05) is 11.3 Å². The number of nitrogens with one attached hydrogen (secondary N) is 1. The molecule has 1 amide bonds. The number of rotatable bonds is 4. The van der Waals surface area contributed by atoms with Gasteiger partial charge in [-0.05, 0) is 86.8 Å². The van der Waals surface area contributed by atoms with Crippen molar-refractivity contribution < 1.29 is 31.1 Å². The second-order valence-electron chi connectivity index (χ2n) is 15.9. The lowest BCUT2D eigenvalue weighted by Gasteiger charge is -2.44. The maximum atomic E-state index is 15.1. The molecule has 2 aromatic carbocycles. The van der Waals surface area contributed by atoms with Gasteiger partial charge in [0.2, 0.25) is 11.8 Å². The monoisotopic (exact) mass is 785 g/mol. The largest absolute Gasteiger partial charge is 0.475 e. The maximum absolute atomic E-state index is 15.1. The lowest BCUT2D eigenvalue weighted by molar-refractivity contribution is -0.162. The SMILES string of the molecule is Cc1cccc(C)c1-c1cc2nc(n1)NS(=O)(=O)c1cccc(c1)C(=O)N1[C@H](c3cnc4cc(C5(C(F)(F)F)CC5)n(C)c4n3)CCC[C@@H](C3CCC3)[C@@H]1CO2. The van der Waals surface area contributed by atoms with E-state index in [0.717, 1.165) is 48.8 Å². The van der Waals surface area contributed by atoms with Crippen molar-refractivity contribution in [2.24, 2.45) is 18.9 Å². The number of ether oxygens (including phenoxy) is 1. The van der Waals surface area contributed by atoms with Gasteiger partial charge < -0.3 is 14.2 Å². The average Bonchev–Trinajstić information content (AvgIpc) is 3.91. The summed E-state index contributed by atoms with van der Waals surface area (Å²) in [5.41, 5.74) is 2.67. The highest BCUT2D eigenvalue weighted by Gasteiger charge is 2.65. The fourth-order valence-corrected chi connectivity index (χ4v) is 10.2. The molecule has 9 rings (SSSR count). The number of carbonyl (C=O) groups excluding carboxylic acids is 1. The Balaban J connectivity index is 1.20. The molecule has 3 aromatic heterocycles. The van der Waals surface area contributed by atoms with Gasteiger partial charge in [-0.15, -0.1) is 0 Å². The summed E-state index contributed by atoms with van der Waals surface area (Å²) in [6.45, 7) is 3.96. The molecular weight excluding hydrogens is 744 g/mol. The molecule has 1 N–H and O–H groups in total. The molecule has 3 atom stereocenters. The number of benzene rings is 2. The van der Waals surface area contributed by atoms with E-state index in [9.17, 15) is 21.6 Å². The van der Waals surface area contributed by atoms with Crippen LogP contribution in [0.15, 0.2) is 65.7 Å². The Morgan fingerprint density at radius 3 is 2.36 bits per heavy atom. The van der Waals surface area contributed by atoms with Gasteiger partial charge in [0.15, 0.2) is 5.65 Å². The number of nitrogens with zero attached hydrogens (tertiary/aromatic N) is 6. The second-order valence-corrected chi connectivity index (χ2v) is 17.6. The summed E-state index contributed by atoms with van der Waals surface area (Å²) in [4.78, 5) is 35.5. The van der Waals surface area contributed by atoms with E-state index in [1.54, 1.807) is 30.3 Å². The Morgan fingerprint density at radius 2 is 1.66 bits per heavy atom. The maximum Gasteiger partial charge on any atom is 0.399 e. The van der Waals surface area contributed by atoms with Gasteiger partial charge >= 0.3 is 6.18 Å². The van der Waals surface area contributed by atoms with Gasteiger partial charge in [-0.3, -0.25) is 9.78 Å². The number of alkyl halides is 3. The Hall–Kier alpha value is -5.05. The van der Waals surface area contributed by atoms with Crippen LogP contribution in [0.3, 0.4) is 0 Å². The lowest BCUT2D eigenvalue weighted by Crippen LogP contribution is -2.51. The van der Waals surface area contributed by atoms with Gasteiger partial charge in [-0.2, -0.15) is 18.2 Å². The zero-order valence-electron chi connectivity index (χ0n) is 31.3. The highest BCUT2D eigenvalue weighted by Crippen LogP contribution is 2.59. The molecule has 1 saturated heterocycles. The molecule has 5 heterocycles. The van der Waals surface area contributed by atoms with Crippen molar-refractivity contribution in [3.63, 3.8) is 0 Å². The first-order valence-corrected chi connectivity index (χ1v) is 20.7. The van der Waals surface area contributed by atoms with Crippen molar-refractivity contribution in [1.29, 1.82) is 0 Å². The molecule has 292 valence electrons. The first kappa shape index (κ1) is 36.6. The van der Waals surface area contributed by atoms with Crippen LogP contribution in [-0.2, 0) is 22.5 Å². The summed E-state index contributed by atoms with van der Waals surface area (Å²) in [5, 5.41) is 0. The topological polar surface area (TPSA) is 132 Å². The van der Waals surface area contributed by atoms with Crippen LogP contribution in [0.4, 0.5) is 19.1 Å². The van der Waals surface area contributed by atoms with Crippen LogP contribution in [0, 0.1) is 25.7 Å². The number of carbonyl (C=O) groups is 1. The highest BCUT2D eigenvalue weighted by molar-refractivity contribution is 7.92. The third kappa shape index (κ3) is 6.09. The quantitative estimate of drug-likeness (QED) is 0.194. The van der Waals surface area contributed by atoms with Crippen LogP contribution < -0.4 is 9.46 Å². The van der Waals surface area contributed by atoms with Gasteiger partial charge in [0.1, 0.15) is 17.5 Å². The number of aromatic nitrogens is 5. The zero-order valence-corrected chi connectivity index (χ0v) is 32.1. The van der Waals surface area contributed by atoms with Gasteiger partial charge in [0, 0.05) is 29.9 Å². The lowest BCUT2D eigenvalue weighted by atomic mass is 9.71. The summed E-state index contributed by atoms with van der Waals surface area (Å²) < 4.78 is 81.2. The molecule has 2 aliphatic carbocycles. The predicted octanol–water partition coefficient (Wildman–Crippen LogP) is 7.98. The molecule has 0 spiro atoms. The molecular formula is C41H42F3N7O4S. The fraction of sp³-hybridized carbons (Fsp3) is 0.439. The van der Waals surface area contributed by atoms with Gasteiger partial charge in [0.25, 0.3) is 15.9 Å². The minimum absolute atomic E-state index is 0.00679. The van der Waals surface area contributed by atoms with Gasteiger partial charge in [0.05, 0.1) is 34.6 Å². The normalized spacial score (nSPS) is 23.4. The summed E-state index contributed by atoms with van der Waals surface area (Å²) in [6.07, 6.45) is 2.38. The van der Waals surface area contributed by atoms with Crippen LogP contribution in [0.25, 0.3) is 22.4 Å². The zero-order chi connectivity index (χ0) is 39.1. The molecule has 4 bridgehead atoms. The first-order valence-electron chi connectivity index (χ1n) is 19.2. The van der Waals surface area contributed by atoms with Crippen molar-refractivity contribution in [3.8, 4) is 17.1 Å². The number of anilines is 1. The number of sulfonamides is 1. The van der Waals surface area contributed by atoms with Crippen molar-refractivity contribution >= 4 is 33.0 Å². The molecule has 5 aromatic rings. The molecule has 2 saturated carbocycles. The Bertz CT molecular complexity index is 2480. The van der Waals surface area contributed by atoms with Crippen LogP contribution in [0.2, 0.25) is 0 Å². The van der Waals surface area contributed by atoms with Crippen LogP contribution >= 0.6 is 0 Å². The van der Waals surface area contributed by atoms with Gasteiger partial charge in [-0.25, -0.2) is 23.1 Å². The van der Waals surface area contributed by atoms with Crippen molar-refractivity contribution in [1.82, 2.24) is 29.4 Å². The van der Waals surface area contributed by atoms with Crippen molar-refractivity contribution in [2.45, 2.75) is 93.8 Å². The highest BCUT2D eigenvalue weighted by atomic mass is 32.2. The summed E-state index contributed by atoms with van der Waals surface area (Å²) >= 11 is 0. The molecule has 56 heavy (non-hydrogen) atoms. The number of fused-ring (bicyclic) bond motifs is 6. The van der Waals surface area contributed by atoms with Crippen LogP contribution in [0.5, 0.6) is 5.88 Å². The second kappa shape index (κ2) is 13.3. The average molecular weight is 786 g/mol. The predicted molar refractivity (Wildman–Crippen MR) is 203 cm³/mol. The number of aryl methyl sites for hydroxylation is 3. The molecule has 11 nitrogen and oxygen atoms in total. The minimum atomic E-state index is -4.41. The van der Waals surface area contributed by atoms with E-state index in [-0.39, 0.29) is 53.3 Å². The molecule has 3 fully saturated rings. The Labute approximate surface area is 322 Å². The Morgan fingerprint density at radius 1 is 0.929 bits per heavy atom. The van der Waals surface area contributed by atoms with E-state index in [4.69, 9.17) is 9.72 Å². The Kier molecular flexibility index (Phi) is 8.67. The first-order chi connectivity index (χ1) is 26.7. The van der Waals surface area contributed by atoms with E-state index in [2.05, 4.69) is 19.7 Å². The fourth-order valence-electron chi connectivity index (χ4n) is 9.23. The number of hydrogen-bond donors (Lipinski definition) is 1. The minimum Gasteiger partial charge on any atom is -0.475 e. The van der Waals surface area contributed by atoms with E-state index in [1.807, 2.05) is 32.0 Å². The third-order valence-electron chi connectivity index (χ3n) is 12.5. The molecule has 0 radical (unpaired) electrons. The van der Waals surface area contributed by atoms with E-state index < -0.39 is 39.6 Å². The van der Waals surface area contributed by atoms with Gasteiger partial charge in [-0.1, -0.05) is 49.9 Å². The number of hydrogen-bond acceptors (Lipinski definition) is 8. The molecule has 4 aliphatic rings. The molecule has 15 heteroatoms. The summed E-state index contributed by atoms with van der Waals surface area (Å²) in [6, 6.07) is 13.8. The molecule has 2 aliphatic heterocycles. The number of amides is 1. The van der Waals surface area contributed by atoms with Crippen molar-refractivity contribution in [3.05, 3.63) is 88.9 Å². The molecule has 0 unspecified atom stereocenters. The van der Waals surface area contributed by atoms with Crippen LogP contribution in [-0.4, -0.2) is 62.6 Å². The number of halogens is 3. The third-order valence-corrected chi connectivity index (χ3v) is 13.9. The van der Waals surface area contributed by atoms with E-state index >= 15 is 4.79 Å². The smallest absolute Gasteiger partial charge is 0.399 e. The van der Waals surface area contributed by atoms with Crippen LogP contribution in [0.1, 0.15) is 90.3 Å². The summed E-state index contributed by atoms with van der Waals surface area (Å²) in [7, 11) is -2.68. The summed E-state index contributed by atoms with van der Waals surface area (Å²) in [5.74, 6) is -0.0194. The standard InChI is InChI=1S/C41H42F3N7O4S/c1-23-8-4-9-24(2)36(23)29-20-35-48-39(47-29)49-56(53,54)27-13-6-12-26(18-27)38(52)51-32(15-7-14-28(25-10-5-11-25)33(51)22-55-35)31-21-45-30-19-34(50(3)37(30)46-31)40(16-17-40)41(42,43)44/h4,6,8-9,12-13,18-21,25,28,32-33H,5,7,10-11,14-17,22H2,1-3H3,(H,47,48,49)/t28-,32-,33-/m0/s1. The van der Waals surface area contributed by atoms with E-state index in [0.29, 0.717) is 34.9 Å². The van der Waals surface area contributed by atoms with E-state index in [1.165, 1.54) is 28.8 Å².